The monoisotopic (exact) mass is 410 g/mol. The quantitative estimate of drug-likeness (QED) is 0.470. The molecule has 1 atom stereocenters. The number of thiazole rings is 1. The molecule has 2 aromatic heterocycles. The molecule has 0 fully saturated rings. The van der Waals surface area contributed by atoms with Crippen LogP contribution in [-0.2, 0) is 4.74 Å². The van der Waals surface area contributed by atoms with Crippen molar-refractivity contribution in [2.24, 2.45) is 0 Å². The molecule has 0 bridgehead atoms. The van der Waals surface area contributed by atoms with Crippen LogP contribution in [-0.4, -0.2) is 33.6 Å². The Labute approximate surface area is 172 Å². The molecule has 0 saturated heterocycles. The first-order valence-electron chi connectivity index (χ1n) is 9.18. The smallest absolute Gasteiger partial charge is 0.350 e. The van der Waals surface area contributed by atoms with Crippen LogP contribution in [0.2, 0.25) is 0 Å². The maximum Gasteiger partial charge on any atom is 0.350 e. The number of hydrogen-bond acceptors (Lipinski definition) is 6. The Morgan fingerprint density at radius 2 is 1.76 bits per heavy atom. The molecule has 6 nitrogen and oxygen atoms in total. The minimum absolute atomic E-state index is 0.117. The Hall–Kier alpha value is -3.06. The van der Waals surface area contributed by atoms with E-state index >= 15 is 0 Å². The number of ketones is 2. The van der Waals surface area contributed by atoms with Crippen molar-refractivity contribution in [1.82, 2.24) is 9.97 Å². The largest absolute Gasteiger partial charge is 0.450 e. The number of aromatic amines is 1. The minimum Gasteiger partial charge on any atom is -0.450 e. The van der Waals surface area contributed by atoms with Crippen LogP contribution in [0.25, 0.3) is 10.6 Å². The van der Waals surface area contributed by atoms with Crippen LogP contribution in [0.15, 0.2) is 30.3 Å². The summed E-state index contributed by atoms with van der Waals surface area (Å²) in [7, 11) is 0. The third kappa shape index (κ3) is 4.05. The summed E-state index contributed by atoms with van der Waals surface area (Å²) in [6.07, 6.45) is -0.999. The van der Waals surface area contributed by atoms with Crippen LogP contribution < -0.4 is 0 Å². The number of carbonyl (C=O) groups excluding carboxylic acids is 3. The van der Waals surface area contributed by atoms with E-state index in [0.29, 0.717) is 33.1 Å². The van der Waals surface area contributed by atoms with Gasteiger partial charge in [-0.2, -0.15) is 0 Å². The molecule has 3 aromatic rings. The molecular weight excluding hydrogens is 388 g/mol. The zero-order chi connectivity index (χ0) is 21.3. The number of aromatic nitrogens is 2. The maximum atomic E-state index is 12.8. The fraction of sp³-hybridized carbons (Fsp3) is 0.273. The van der Waals surface area contributed by atoms with E-state index in [9.17, 15) is 14.4 Å². The molecule has 3 rings (SSSR count). The van der Waals surface area contributed by atoms with Crippen LogP contribution in [0, 0.1) is 20.8 Å². The number of hydrogen-bond donors (Lipinski definition) is 1. The van der Waals surface area contributed by atoms with Crippen molar-refractivity contribution in [1.29, 1.82) is 0 Å². The predicted octanol–water partition coefficient (Wildman–Crippen LogP) is 4.69. The van der Waals surface area contributed by atoms with E-state index in [4.69, 9.17) is 4.74 Å². The third-order valence-electron chi connectivity index (χ3n) is 4.69. The van der Waals surface area contributed by atoms with Crippen LogP contribution in [0.3, 0.4) is 0 Å². The van der Waals surface area contributed by atoms with Gasteiger partial charge < -0.3 is 9.72 Å². The van der Waals surface area contributed by atoms with E-state index < -0.39 is 12.1 Å². The number of Topliss-reactive ketones (excluding diaryl/α,β-unsaturated/α-hetero) is 2. The third-order valence-corrected chi connectivity index (χ3v) is 5.88. The van der Waals surface area contributed by atoms with Crippen molar-refractivity contribution in [3.8, 4) is 10.6 Å². The van der Waals surface area contributed by atoms with Crippen molar-refractivity contribution in [3.63, 3.8) is 0 Å². The molecule has 0 saturated carbocycles. The molecule has 0 aliphatic heterocycles. The van der Waals surface area contributed by atoms with E-state index in [2.05, 4.69) is 9.97 Å². The van der Waals surface area contributed by atoms with Gasteiger partial charge in [0.1, 0.15) is 9.88 Å². The molecule has 0 unspecified atom stereocenters. The normalized spacial score (nSPS) is 11.9. The molecule has 1 aromatic carbocycles. The van der Waals surface area contributed by atoms with Crippen LogP contribution in [0.1, 0.15) is 61.3 Å². The number of nitrogens with one attached hydrogen (secondary N) is 1. The van der Waals surface area contributed by atoms with Crippen LogP contribution in [0.5, 0.6) is 0 Å². The maximum absolute atomic E-state index is 12.8. The minimum atomic E-state index is -0.999. The fourth-order valence-electron chi connectivity index (χ4n) is 3.29. The van der Waals surface area contributed by atoms with Gasteiger partial charge >= 0.3 is 5.97 Å². The van der Waals surface area contributed by atoms with Gasteiger partial charge in [-0.3, -0.25) is 9.59 Å². The Morgan fingerprint density at radius 1 is 1.10 bits per heavy atom. The summed E-state index contributed by atoms with van der Waals surface area (Å²) < 4.78 is 5.42. The van der Waals surface area contributed by atoms with Gasteiger partial charge in [0.15, 0.2) is 11.9 Å². The number of esters is 1. The van der Waals surface area contributed by atoms with Gasteiger partial charge in [0, 0.05) is 16.8 Å². The van der Waals surface area contributed by atoms with E-state index in [1.807, 2.05) is 30.3 Å². The number of carbonyl (C=O) groups is 3. The average molecular weight is 410 g/mol. The van der Waals surface area contributed by atoms with E-state index in [-0.39, 0.29) is 11.6 Å². The van der Waals surface area contributed by atoms with Crippen molar-refractivity contribution in [2.75, 3.05) is 0 Å². The number of benzene rings is 1. The molecule has 0 aliphatic rings. The first kappa shape index (κ1) is 20.7. The van der Waals surface area contributed by atoms with Gasteiger partial charge in [-0.15, -0.1) is 11.3 Å². The van der Waals surface area contributed by atoms with Gasteiger partial charge in [0.25, 0.3) is 0 Å². The van der Waals surface area contributed by atoms with Crippen molar-refractivity contribution < 1.29 is 19.1 Å². The van der Waals surface area contributed by atoms with E-state index in [1.54, 1.807) is 20.8 Å². The molecule has 150 valence electrons. The zero-order valence-electron chi connectivity index (χ0n) is 17.0. The summed E-state index contributed by atoms with van der Waals surface area (Å²) in [4.78, 5) is 45.0. The van der Waals surface area contributed by atoms with Gasteiger partial charge in [0.2, 0.25) is 5.78 Å². The first-order valence-corrected chi connectivity index (χ1v) is 10.0. The van der Waals surface area contributed by atoms with Crippen molar-refractivity contribution in [2.45, 2.75) is 40.7 Å². The highest BCUT2D eigenvalue weighted by atomic mass is 32.1. The Bertz CT molecular complexity index is 1100. The Morgan fingerprint density at radius 3 is 2.34 bits per heavy atom. The van der Waals surface area contributed by atoms with Gasteiger partial charge in [0.05, 0.1) is 11.4 Å². The highest BCUT2D eigenvalue weighted by molar-refractivity contribution is 7.17. The van der Waals surface area contributed by atoms with Gasteiger partial charge in [-0.05, 0) is 40.2 Å². The molecule has 2 heterocycles. The standard InChI is InChI=1S/C22H22N2O4S/c1-11-17(14(4)25)12(2)23-18(11)19(26)15(5)28-22(27)20-13(3)24-21(29-20)16-9-7-6-8-10-16/h6-10,15,23H,1-5H3/t15-/m1/s1. The highest BCUT2D eigenvalue weighted by Gasteiger charge is 2.27. The lowest BCUT2D eigenvalue weighted by Crippen LogP contribution is -2.25. The average Bonchev–Trinajstić information content (AvgIpc) is 3.21. The summed E-state index contributed by atoms with van der Waals surface area (Å²) in [5, 5.41) is 0.718. The van der Waals surface area contributed by atoms with Gasteiger partial charge in [-0.25, -0.2) is 9.78 Å². The second-order valence-electron chi connectivity index (χ2n) is 6.89. The lowest BCUT2D eigenvalue weighted by atomic mass is 10.0. The topological polar surface area (TPSA) is 89.1 Å². The second kappa shape index (κ2) is 8.13. The fourth-order valence-corrected chi connectivity index (χ4v) is 4.24. The molecule has 0 spiro atoms. The lowest BCUT2D eigenvalue weighted by molar-refractivity contribution is 0.0320. The number of rotatable bonds is 6. The van der Waals surface area contributed by atoms with Gasteiger partial charge in [-0.1, -0.05) is 30.3 Å². The van der Waals surface area contributed by atoms with Crippen LogP contribution in [0.4, 0.5) is 0 Å². The summed E-state index contributed by atoms with van der Waals surface area (Å²) in [6.45, 7) is 8.17. The van der Waals surface area contributed by atoms with Crippen molar-refractivity contribution >= 4 is 28.9 Å². The highest BCUT2D eigenvalue weighted by Crippen LogP contribution is 2.29. The zero-order valence-corrected chi connectivity index (χ0v) is 17.8. The second-order valence-corrected chi connectivity index (χ2v) is 7.89. The van der Waals surface area contributed by atoms with Crippen LogP contribution >= 0.6 is 11.3 Å². The summed E-state index contributed by atoms with van der Waals surface area (Å²) >= 11 is 1.23. The molecular formula is C22H22N2O4S. The molecule has 1 N–H and O–H groups in total. The van der Waals surface area contributed by atoms with E-state index in [1.165, 1.54) is 25.2 Å². The number of aryl methyl sites for hydroxylation is 2. The first-order chi connectivity index (χ1) is 13.7. The summed E-state index contributed by atoms with van der Waals surface area (Å²) in [5.74, 6) is -1.08. The summed E-state index contributed by atoms with van der Waals surface area (Å²) in [5.41, 5.74) is 3.46. The molecule has 29 heavy (non-hydrogen) atoms. The molecule has 0 amide bonds. The summed E-state index contributed by atoms with van der Waals surface area (Å²) in [6, 6.07) is 9.56. The molecule has 0 aliphatic carbocycles. The molecule has 7 heteroatoms. The Balaban J connectivity index is 1.79. The SMILES string of the molecule is CC(=O)c1c(C)[nH]c(C(=O)[C@@H](C)OC(=O)c2sc(-c3ccccc3)nc2C)c1C. The number of nitrogens with zero attached hydrogens (tertiary/aromatic N) is 1. The molecule has 0 radical (unpaired) electrons. The number of ether oxygens (including phenoxy) is 1. The number of H-pyrrole nitrogens is 1. The van der Waals surface area contributed by atoms with Crippen molar-refractivity contribution in [3.05, 3.63) is 63.4 Å². The van der Waals surface area contributed by atoms with E-state index in [0.717, 1.165) is 10.6 Å². The lowest BCUT2D eigenvalue weighted by Gasteiger charge is -2.11. The Kier molecular flexibility index (Phi) is 5.79. The predicted molar refractivity (Wildman–Crippen MR) is 112 cm³/mol.